The summed E-state index contributed by atoms with van der Waals surface area (Å²) in [5, 5.41) is 0. The Morgan fingerprint density at radius 1 is 0.647 bits per heavy atom. The van der Waals surface area contributed by atoms with Crippen molar-refractivity contribution >= 4 is 0 Å². The molecule has 1 aliphatic carbocycles. The second kappa shape index (κ2) is 7.95. The second-order valence-corrected chi connectivity index (χ2v) is 5.03. The molecule has 0 unspecified atom stereocenters. The fraction of sp³-hybridized carbons (Fsp3) is 0.0769. The van der Waals surface area contributed by atoms with Gasteiger partial charge in [0, 0.05) is 0 Å². The quantitative estimate of drug-likeness (QED) is 0.253. The first-order valence-corrected chi connectivity index (χ1v) is 6.19. The van der Waals surface area contributed by atoms with Gasteiger partial charge >= 0.3 is 99.1 Å². The van der Waals surface area contributed by atoms with Gasteiger partial charge in [0.2, 0.25) is 0 Å². The molecular weight excluding hydrogens is 628 g/mol. The molecule has 3 rings (SSSR count). The van der Waals surface area contributed by atoms with Crippen LogP contribution in [0.15, 0.2) is 48.5 Å². The molecule has 1 aliphatic rings. The summed E-state index contributed by atoms with van der Waals surface area (Å²) in [5.74, 6) is 0. The Morgan fingerprint density at radius 3 is 1.41 bits per heavy atom. The van der Waals surface area contributed by atoms with E-state index >= 15 is 0 Å². The number of fused-ring (bicyclic) bond motifs is 3. The number of rotatable bonds is 0. The first-order valence-electron chi connectivity index (χ1n) is 4.77. The minimum absolute atomic E-state index is 0. The number of hydrogen-bond acceptors (Lipinski definition) is 0. The van der Waals surface area contributed by atoms with Crippen molar-refractivity contribution in [3.05, 3.63) is 59.7 Å². The Morgan fingerprint density at radius 2 is 1.00 bits per heavy atom. The zero-order valence-electron chi connectivity index (χ0n) is 8.83. The van der Waals surface area contributed by atoms with Gasteiger partial charge < -0.3 is 71.9 Å². The zero-order valence-corrected chi connectivity index (χ0v) is 17.8. The van der Waals surface area contributed by atoms with Crippen LogP contribution in [0.3, 0.4) is 0 Å². The van der Waals surface area contributed by atoms with E-state index < -0.39 is 0 Å². The minimum atomic E-state index is 0. The van der Waals surface area contributed by atoms with Crippen molar-refractivity contribution in [2.75, 3.05) is 0 Å². The number of hydrogen-bond donors (Lipinski definition) is 0. The third-order valence-electron chi connectivity index (χ3n) is 2.83. The maximum absolute atomic E-state index is 2.26. The van der Waals surface area contributed by atoms with E-state index in [4.69, 9.17) is 0 Å². The average Bonchev–Trinajstić information content (AvgIpc) is 2.55. The fourth-order valence-electron chi connectivity index (χ4n) is 2.16. The molecule has 0 spiro atoms. The van der Waals surface area contributed by atoms with Crippen LogP contribution in [-0.4, -0.2) is 0 Å². The molecule has 4 heteroatoms. The Bertz CT molecular complexity index is 454. The van der Waals surface area contributed by atoms with Crippen LogP contribution in [0.25, 0.3) is 11.1 Å². The Kier molecular flexibility index (Phi) is 8.65. The summed E-state index contributed by atoms with van der Waals surface area (Å²) in [7, 11) is 0. The van der Waals surface area contributed by atoms with Crippen molar-refractivity contribution in [3.63, 3.8) is 0 Å². The fourth-order valence-corrected chi connectivity index (χ4v) is 3.39. The molecule has 0 bridgehead atoms. The molecule has 0 saturated heterocycles. The molecule has 17 heavy (non-hydrogen) atoms. The van der Waals surface area contributed by atoms with E-state index in [1.807, 2.05) is 0 Å². The molecule has 0 fully saturated rings. The van der Waals surface area contributed by atoms with Crippen LogP contribution in [0.2, 0.25) is 0 Å². The van der Waals surface area contributed by atoms with Crippen LogP contribution in [0, 0.1) is 0 Å². The third-order valence-corrected chi connectivity index (χ3v) is 4.36. The molecule has 2 aromatic carbocycles. The zero-order chi connectivity index (χ0) is 9.54. The molecule has 0 nitrogen and oxygen atoms in total. The Hall–Kier alpha value is 1.51. The molecule has 86 valence electrons. The van der Waals surface area contributed by atoms with Crippen LogP contribution < -0.4 is 71.9 Å². The summed E-state index contributed by atoms with van der Waals surface area (Å²) >= 11 is 1.58. The first kappa shape index (κ1) is 18.5. The van der Waals surface area contributed by atoms with Gasteiger partial charge in [-0.2, -0.15) is 0 Å². The van der Waals surface area contributed by atoms with E-state index in [9.17, 15) is 0 Å². The summed E-state index contributed by atoms with van der Waals surface area (Å²) in [4.78, 5) is 0. The molecule has 2 aromatic rings. The van der Waals surface area contributed by atoms with Crippen LogP contribution >= 0.6 is 0 Å². The van der Waals surface area contributed by atoms with Gasteiger partial charge in [0.1, 0.15) is 0 Å². The first-order chi connectivity index (χ1) is 6.88. The van der Waals surface area contributed by atoms with Gasteiger partial charge in [-0.25, -0.2) is 0 Å². The Balaban J connectivity index is 0.000000853. The van der Waals surface area contributed by atoms with E-state index in [-0.39, 0.29) is 71.9 Å². The predicted molar refractivity (Wildman–Crippen MR) is 53.7 cm³/mol. The predicted octanol–water partition coefficient (Wildman–Crippen LogP) is -5.68. The van der Waals surface area contributed by atoms with Gasteiger partial charge in [0.15, 0.2) is 0 Å². The summed E-state index contributed by atoms with van der Waals surface area (Å²) in [6, 6.07) is 17.5. The van der Waals surface area contributed by atoms with E-state index in [1.165, 1.54) is 22.3 Å². The third kappa shape index (κ3) is 3.34. The van der Waals surface area contributed by atoms with Crippen molar-refractivity contribution in [3.8, 4) is 11.1 Å². The van der Waals surface area contributed by atoms with E-state index in [1.54, 1.807) is 24.7 Å². The molecule has 0 N–H and O–H groups in total. The average molecular weight is 637 g/mol. The van der Waals surface area contributed by atoms with Crippen molar-refractivity contribution in [2.45, 2.75) is 3.63 Å². The molecule has 0 aliphatic heterocycles. The van der Waals surface area contributed by atoms with E-state index in [0.717, 1.165) is 0 Å². The normalized spacial score (nSPS) is 11.4. The number of halogens is 3. The molecular formula is C13H9I3Zr. The molecule has 0 heterocycles. The van der Waals surface area contributed by atoms with Gasteiger partial charge in [0.05, 0.1) is 0 Å². The molecule has 0 atom stereocenters. The standard InChI is InChI=1S/C13H9.3HI.Zr/c1-3-7-12-10(5-1)9-11-6-2-4-8-13(11)12;;;;/h1-9H;3*1H;/q;;;;+3/p-3. The van der Waals surface area contributed by atoms with Crippen LogP contribution in [0.1, 0.15) is 14.8 Å². The van der Waals surface area contributed by atoms with Crippen molar-refractivity contribution in [1.29, 1.82) is 0 Å². The topological polar surface area (TPSA) is 0 Å². The van der Waals surface area contributed by atoms with Crippen molar-refractivity contribution in [1.82, 2.24) is 0 Å². The van der Waals surface area contributed by atoms with Crippen LogP contribution in [0.5, 0.6) is 0 Å². The van der Waals surface area contributed by atoms with E-state index in [2.05, 4.69) is 48.5 Å². The Labute approximate surface area is 168 Å². The van der Waals surface area contributed by atoms with Gasteiger partial charge in [-0.1, -0.05) is 0 Å². The van der Waals surface area contributed by atoms with Gasteiger partial charge in [-0.3, -0.25) is 0 Å². The van der Waals surface area contributed by atoms with E-state index in [0.29, 0.717) is 3.63 Å². The summed E-state index contributed by atoms with van der Waals surface area (Å²) in [6.45, 7) is 0. The van der Waals surface area contributed by atoms with Crippen LogP contribution in [0.4, 0.5) is 0 Å². The molecule has 0 aromatic heterocycles. The van der Waals surface area contributed by atoms with Crippen molar-refractivity contribution in [2.24, 2.45) is 0 Å². The second-order valence-electron chi connectivity index (χ2n) is 3.61. The molecule has 0 saturated carbocycles. The summed E-state index contributed by atoms with van der Waals surface area (Å²) < 4.78 is 0.648. The van der Waals surface area contributed by atoms with Crippen LogP contribution in [-0.2, 0) is 24.7 Å². The molecule has 0 radical (unpaired) electrons. The monoisotopic (exact) mass is 636 g/mol. The molecule has 0 amide bonds. The van der Waals surface area contributed by atoms with Gasteiger partial charge in [-0.05, 0) is 0 Å². The van der Waals surface area contributed by atoms with Gasteiger partial charge in [0.25, 0.3) is 0 Å². The SMILES string of the molecule is [I-].[I-].[I-].[Zr+3][CH]1c2ccccc2-c2ccccc21. The number of benzene rings is 2. The van der Waals surface area contributed by atoms with Crippen molar-refractivity contribution < 1.29 is 96.6 Å². The summed E-state index contributed by atoms with van der Waals surface area (Å²) in [6.07, 6.45) is 0. The summed E-state index contributed by atoms with van der Waals surface area (Å²) in [5.41, 5.74) is 5.88. The van der Waals surface area contributed by atoms with Gasteiger partial charge in [-0.15, -0.1) is 0 Å². The maximum atomic E-state index is 2.26.